The first-order valence-electron chi connectivity index (χ1n) is 8.87. The number of hydrogen-bond donors (Lipinski definition) is 1. The van der Waals surface area contributed by atoms with E-state index in [0.29, 0.717) is 34.7 Å². The maximum Gasteiger partial charge on any atom is 0.251 e. The number of anilines is 1. The normalized spacial score (nSPS) is 10.9. The number of rotatable bonds is 6. The molecule has 0 saturated carbocycles. The molecule has 1 N–H and O–H groups in total. The summed E-state index contributed by atoms with van der Waals surface area (Å²) in [6, 6.07) is 18.1. The number of benzene rings is 2. The molecular formula is C22H17N3O4. The van der Waals surface area contributed by atoms with E-state index in [2.05, 4.69) is 15.5 Å². The summed E-state index contributed by atoms with van der Waals surface area (Å²) in [6.45, 7) is 1.47. The lowest BCUT2D eigenvalue weighted by Gasteiger charge is -2.07. The van der Waals surface area contributed by atoms with Crippen LogP contribution in [0.5, 0.6) is 11.5 Å². The van der Waals surface area contributed by atoms with Crippen molar-refractivity contribution in [2.45, 2.75) is 6.92 Å². The molecule has 0 atom stereocenters. The summed E-state index contributed by atoms with van der Waals surface area (Å²) >= 11 is 0. The number of aromatic nitrogens is 2. The zero-order valence-electron chi connectivity index (χ0n) is 15.5. The molecule has 29 heavy (non-hydrogen) atoms. The molecule has 2 aromatic heterocycles. The molecule has 2 aromatic carbocycles. The number of furan rings is 1. The van der Waals surface area contributed by atoms with E-state index in [1.54, 1.807) is 48.7 Å². The number of carbonyl (C=O) groups excluding carboxylic acids is 1. The minimum atomic E-state index is -0.115. The third-order valence-corrected chi connectivity index (χ3v) is 3.90. The Labute approximate surface area is 166 Å². The van der Waals surface area contributed by atoms with Gasteiger partial charge in [-0.15, -0.1) is 0 Å². The highest BCUT2D eigenvalue weighted by atomic mass is 16.5. The first-order chi connectivity index (χ1) is 14.2. The van der Waals surface area contributed by atoms with Crippen molar-refractivity contribution in [1.29, 1.82) is 0 Å². The maximum absolute atomic E-state index is 11.1. The minimum absolute atomic E-state index is 0.115. The van der Waals surface area contributed by atoms with E-state index < -0.39 is 0 Å². The molecule has 0 spiro atoms. The van der Waals surface area contributed by atoms with Crippen molar-refractivity contribution in [2.75, 3.05) is 5.32 Å². The molecule has 0 unspecified atom stereocenters. The second kappa shape index (κ2) is 8.26. The molecule has 1 amide bonds. The number of carbonyl (C=O) groups is 1. The van der Waals surface area contributed by atoms with Crippen LogP contribution in [-0.2, 0) is 4.79 Å². The predicted molar refractivity (Wildman–Crippen MR) is 108 cm³/mol. The number of hydrogen-bond acceptors (Lipinski definition) is 6. The van der Waals surface area contributed by atoms with Crippen LogP contribution in [-0.4, -0.2) is 16.0 Å². The van der Waals surface area contributed by atoms with Gasteiger partial charge in [0.2, 0.25) is 11.7 Å². The van der Waals surface area contributed by atoms with Crippen molar-refractivity contribution in [3.05, 3.63) is 78.6 Å². The van der Waals surface area contributed by atoms with Gasteiger partial charge in [0.25, 0.3) is 5.89 Å². The van der Waals surface area contributed by atoms with Crippen LogP contribution in [0.25, 0.3) is 23.5 Å². The smallest absolute Gasteiger partial charge is 0.251 e. The molecule has 7 heteroatoms. The number of ether oxygens (including phenoxy) is 1. The summed E-state index contributed by atoms with van der Waals surface area (Å²) in [7, 11) is 0. The van der Waals surface area contributed by atoms with Gasteiger partial charge >= 0.3 is 0 Å². The Bertz CT molecular complexity index is 1110. The Balaban J connectivity index is 1.41. The highest BCUT2D eigenvalue weighted by Crippen LogP contribution is 2.26. The van der Waals surface area contributed by atoms with Crippen LogP contribution in [0.15, 0.2) is 75.9 Å². The van der Waals surface area contributed by atoms with Gasteiger partial charge in [-0.2, -0.15) is 4.98 Å². The van der Waals surface area contributed by atoms with E-state index in [1.165, 1.54) is 6.92 Å². The summed E-state index contributed by atoms with van der Waals surface area (Å²) < 4.78 is 16.3. The first-order valence-corrected chi connectivity index (χ1v) is 8.87. The van der Waals surface area contributed by atoms with Gasteiger partial charge in [0.1, 0.15) is 17.3 Å². The Kier molecular flexibility index (Phi) is 5.20. The number of amides is 1. The van der Waals surface area contributed by atoms with Gasteiger partial charge in [0.15, 0.2) is 0 Å². The molecule has 0 saturated heterocycles. The van der Waals surface area contributed by atoms with E-state index >= 15 is 0 Å². The van der Waals surface area contributed by atoms with Crippen molar-refractivity contribution in [2.24, 2.45) is 0 Å². The minimum Gasteiger partial charge on any atom is -0.465 e. The van der Waals surface area contributed by atoms with Gasteiger partial charge in [0.05, 0.1) is 6.26 Å². The quantitative estimate of drug-likeness (QED) is 0.486. The monoisotopic (exact) mass is 387 g/mol. The Morgan fingerprint density at radius 3 is 2.38 bits per heavy atom. The molecule has 7 nitrogen and oxygen atoms in total. The van der Waals surface area contributed by atoms with E-state index in [1.807, 2.05) is 30.3 Å². The fraction of sp³-hybridized carbons (Fsp3) is 0.0455. The molecule has 4 rings (SSSR count). The molecular weight excluding hydrogens is 370 g/mol. The second-order valence-corrected chi connectivity index (χ2v) is 6.14. The Morgan fingerprint density at radius 2 is 1.72 bits per heavy atom. The van der Waals surface area contributed by atoms with E-state index in [0.717, 1.165) is 5.56 Å². The van der Waals surface area contributed by atoms with Crippen LogP contribution in [0.3, 0.4) is 0 Å². The maximum atomic E-state index is 11.1. The largest absolute Gasteiger partial charge is 0.465 e. The topological polar surface area (TPSA) is 90.4 Å². The Hall–Kier alpha value is -4.13. The first kappa shape index (κ1) is 18.2. The van der Waals surface area contributed by atoms with Crippen LogP contribution in [0.4, 0.5) is 5.69 Å². The molecule has 4 aromatic rings. The fourth-order valence-corrected chi connectivity index (χ4v) is 2.58. The summed E-state index contributed by atoms with van der Waals surface area (Å²) in [5.41, 5.74) is 1.52. The molecule has 0 aliphatic rings. The van der Waals surface area contributed by atoms with Gasteiger partial charge in [0, 0.05) is 24.3 Å². The predicted octanol–water partition coefficient (Wildman–Crippen LogP) is 5.25. The molecule has 2 heterocycles. The van der Waals surface area contributed by atoms with Crippen LogP contribution in [0.1, 0.15) is 18.6 Å². The second-order valence-electron chi connectivity index (χ2n) is 6.14. The number of nitrogens with zero attached hydrogens (tertiary/aromatic N) is 2. The zero-order valence-corrected chi connectivity index (χ0v) is 15.5. The van der Waals surface area contributed by atoms with Crippen molar-refractivity contribution in [1.82, 2.24) is 10.1 Å². The van der Waals surface area contributed by atoms with Crippen LogP contribution < -0.4 is 10.1 Å². The lowest BCUT2D eigenvalue weighted by Crippen LogP contribution is -2.05. The average Bonchev–Trinajstić information content (AvgIpc) is 3.40. The molecule has 0 radical (unpaired) electrons. The third-order valence-electron chi connectivity index (χ3n) is 3.90. The van der Waals surface area contributed by atoms with Gasteiger partial charge in [-0.1, -0.05) is 5.16 Å². The van der Waals surface area contributed by atoms with Crippen molar-refractivity contribution in [3.8, 4) is 22.9 Å². The lowest BCUT2D eigenvalue weighted by atomic mass is 10.2. The van der Waals surface area contributed by atoms with Gasteiger partial charge < -0.3 is 19.0 Å². The summed E-state index contributed by atoms with van der Waals surface area (Å²) in [4.78, 5) is 15.4. The SMILES string of the molecule is CC(=O)Nc1ccc(Oc2ccc(-c3noc(/C=C/c4ccco4)n3)cc2)cc1. The van der Waals surface area contributed by atoms with E-state index in [-0.39, 0.29) is 5.91 Å². The highest BCUT2D eigenvalue weighted by Gasteiger charge is 2.07. The van der Waals surface area contributed by atoms with Gasteiger partial charge in [-0.3, -0.25) is 4.79 Å². The third kappa shape index (κ3) is 4.78. The van der Waals surface area contributed by atoms with Crippen molar-refractivity contribution in [3.63, 3.8) is 0 Å². The summed E-state index contributed by atoms with van der Waals surface area (Å²) in [5.74, 6) is 2.79. The number of nitrogens with one attached hydrogen (secondary N) is 1. The molecule has 0 bridgehead atoms. The summed E-state index contributed by atoms with van der Waals surface area (Å²) in [5, 5.41) is 6.70. The molecule has 0 aliphatic heterocycles. The Morgan fingerprint density at radius 1 is 1.00 bits per heavy atom. The van der Waals surface area contributed by atoms with Crippen molar-refractivity contribution < 1.29 is 18.5 Å². The van der Waals surface area contributed by atoms with E-state index in [9.17, 15) is 4.79 Å². The lowest BCUT2D eigenvalue weighted by molar-refractivity contribution is -0.114. The van der Waals surface area contributed by atoms with Gasteiger partial charge in [-0.05, 0) is 66.7 Å². The molecule has 144 valence electrons. The van der Waals surface area contributed by atoms with Crippen LogP contribution in [0, 0.1) is 0 Å². The van der Waals surface area contributed by atoms with E-state index in [4.69, 9.17) is 13.7 Å². The van der Waals surface area contributed by atoms with Crippen molar-refractivity contribution >= 4 is 23.7 Å². The zero-order chi connectivity index (χ0) is 20.1. The summed E-state index contributed by atoms with van der Waals surface area (Å²) in [6.07, 6.45) is 5.04. The van der Waals surface area contributed by atoms with Crippen LogP contribution in [0.2, 0.25) is 0 Å². The molecule has 0 fully saturated rings. The van der Waals surface area contributed by atoms with Gasteiger partial charge in [-0.25, -0.2) is 0 Å². The fourth-order valence-electron chi connectivity index (χ4n) is 2.58. The highest BCUT2D eigenvalue weighted by molar-refractivity contribution is 5.88. The average molecular weight is 387 g/mol. The van der Waals surface area contributed by atoms with Crippen LogP contribution >= 0.6 is 0 Å². The standard InChI is InChI=1S/C22H17N3O4/c1-15(26)23-17-6-10-20(11-7-17)28-19-8-4-16(5-9-19)22-24-21(29-25-22)13-12-18-3-2-14-27-18/h2-14H,1H3,(H,23,26)/b13-12+. The molecule has 0 aliphatic carbocycles.